The van der Waals surface area contributed by atoms with Crippen LogP contribution in [0.5, 0.6) is 0 Å². The van der Waals surface area contributed by atoms with Crippen LogP contribution in [0.2, 0.25) is 0 Å². The lowest BCUT2D eigenvalue weighted by atomic mass is 10.0. The van der Waals surface area contributed by atoms with E-state index in [1.54, 1.807) is 4.90 Å². The molecule has 0 bridgehead atoms. The Balaban J connectivity index is 1.40. The maximum absolute atomic E-state index is 12.1. The first kappa shape index (κ1) is 17.0. The number of nitrogens with zero attached hydrogens (tertiary/aromatic N) is 4. The van der Waals surface area contributed by atoms with Gasteiger partial charge in [0.05, 0.1) is 0 Å². The van der Waals surface area contributed by atoms with Gasteiger partial charge in [-0.3, -0.25) is 19.2 Å². The minimum absolute atomic E-state index is 0.232. The number of carbonyl (C=O) groups is 2. The van der Waals surface area contributed by atoms with Gasteiger partial charge < -0.3 is 10.2 Å². The Morgan fingerprint density at radius 2 is 2.00 bits per heavy atom. The maximum atomic E-state index is 12.1. The summed E-state index contributed by atoms with van der Waals surface area (Å²) in [7, 11) is 1.97. The van der Waals surface area contributed by atoms with Crippen LogP contribution < -0.4 is 5.32 Å². The first-order chi connectivity index (χ1) is 11.5. The van der Waals surface area contributed by atoms with Crippen LogP contribution in [0.4, 0.5) is 0 Å². The van der Waals surface area contributed by atoms with Crippen molar-refractivity contribution >= 4 is 11.8 Å². The van der Waals surface area contributed by atoms with Crippen LogP contribution >= 0.6 is 0 Å². The van der Waals surface area contributed by atoms with Gasteiger partial charge in [0.25, 0.3) is 0 Å². The van der Waals surface area contributed by atoms with E-state index < -0.39 is 5.91 Å². The van der Waals surface area contributed by atoms with E-state index in [1.165, 1.54) is 5.69 Å². The van der Waals surface area contributed by atoms with Crippen molar-refractivity contribution in [1.29, 1.82) is 0 Å². The molecule has 1 unspecified atom stereocenters. The van der Waals surface area contributed by atoms with Gasteiger partial charge in [0.1, 0.15) is 0 Å². The first-order valence-electron chi connectivity index (χ1n) is 8.82. The van der Waals surface area contributed by atoms with Crippen molar-refractivity contribution in [1.82, 2.24) is 24.9 Å². The highest BCUT2D eigenvalue weighted by Gasteiger charge is 2.30. The zero-order valence-electron chi connectivity index (χ0n) is 14.6. The molecule has 0 spiro atoms. The molecule has 1 aliphatic carbocycles. The van der Waals surface area contributed by atoms with Crippen LogP contribution in [0.1, 0.15) is 25.5 Å². The van der Waals surface area contributed by atoms with E-state index in [0.29, 0.717) is 19.0 Å². The molecule has 24 heavy (non-hydrogen) atoms. The molecule has 1 saturated heterocycles. The standard InChI is InChI=1S/C17H27N5O2/c1-13(11-15-5-6-18-20(15)2)12-21-7-9-22(10-8-21)17(24)16(23)19-14-3-4-14/h5-6,13-14H,3-4,7-12H2,1-2H3,(H,19,23). The minimum Gasteiger partial charge on any atom is -0.345 e. The third-order valence-corrected chi connectivity index (χ3v) is 4.82. The zero-order valence-corrected chi connectivity index (χ0v) is 14.6. The molecule has 2 amide bonds. The molecule has 2 heterocycles. The van der Waals surface area contributed by atoms with Crippen LogP contribution in [0.15, 0.2) is 12.3 Å². The average molecular weight is 333 g/mol. The Morgan fingerprint density at radius 3 is 2.58 bits per heavy atom. The minimum atomic E-state index is -0.435. The molecule has 1 N–H and O–H groups in total. The van der Waals surface area contributed by atoms with Crippen molar-refractivity contribution in [2.45, 2.75) is 32.2 Å². The highest BCUT2D eigenvalue weighted by atomic mass is 16.2. The van der Waals surface area contributed by atoms with E-state index in [1.807, 2.05) is 17.9 Å². The number of hydrogen-bond acceptors (Lipinski definition) is 4. The molecule has 1 aliphatic heterocycles. The summed E-state index contributed by atoms with van der Waals surface area (Å²) in [5.41, 5.74) is 1.24. The van der Waals surface area contributed by atoms with E-state index in [4.69, 9.17) is 0 Å². The van der Waals surface area contributed by atoms with Crippen LogP contribution in [-0.4, -0.2) is 70.2 Å². The molecule has 2 aliphatic rings. The summed E-state index contributed by atoms with van der Waals surface area (Å²) in [6.45, 7) is 6.18. The number of aryl methyl sites for hydroxylation is 1. The van der Waals surface area contributed by atoms with Crippen molar-refractivity contribution in [3.8, 4) is 0 Å². The normalized spacial score (nSPS) is 20.0. The molecule has 1 aromatic rings. The molecule has 0 radical (unpaired) electrons. The Kier molecular flexibility index (Phi) is 5.18. The van der Waals surface area contributed by atoms with Gasteiger partial charge in [-0.15, -0.1) is 0 Å². The molecule has 7 heteroatoms. The Hall–Kier alpha value is -1.89. The van der Waals surface area contributed by atoms with E-state index in [2.05, 4.69) is 28.3 Å². The molecule has 1 atom stereocenters. The van der Waals surface area contributed by atoms with Gasteiger partial charge in [-0.1, -0.05) is 6.92 Å². The molecule has 1 aromatic heterocycles. The summed E-state index contributed by atoms with van der Waals surface area (Å²) in [4.78, 5) is 28.0. The van der Waals surface area contributed by atoms with Crippen molar-refractivity contribution in [3.63, 3.8) is 0 Å². The number of amides is 2. The third-order valence-electron chi connectivity index (χ3n) is 4.82. The van der Waals surface area contributed by atoms with E-state index in [9.17, 15) is 9.59 Å². The smallest absolute Gasteiger partial charge is 0.311 e. The van der Waals surface area contributed by atoms with E-state index in [-0.39, 0.29) is 11.9 Å². The van der Waals surface area contributed by atoms with Gasteiger partial charge in [-0.25, -0.2) is 0 Å². The fourth-order valence-corrected chi connectivity index (χ4v) is 3.22. The quantitative estimate of drug-likeness (QED) is 0.772. The Bertz CT molecular complexity index is 588. The molecule has 3 rings (SSSR count). The molecule has 2 fully saturated rings. The predicted molar refractivity (Wildman–Crippen MR) is 90.3 cm³/mol. The van der Waals surface area contributed by atoms with Crippen LogP contribution in [0, 0.1) is 5.92 Å². The van der Waals surface area contributed by atoms with Gasteiger partial charge in [0, 0.05) is 57.7 Å². The third kappa shape index (κ3) is 4.35. The summed E-state index contributed by atoms with van der Waals surface area (Å²) in [6, 6.07) is 2.29. The second kappa shape index (κ2) is 7.34. The fraction of sp³-hybridized carbons (Fsp3) is 0.706. The second-order valence-electron chi connectivity index (χ2n) is 7.10. The molecular weight excluding hydrogens is 306 g/mol. The van der Waals surface area contributed by atoms with Crippen molar-refractivity contribution in [3.05, 3.63) is 18.0 Å². The molecule has 0 aromatic carbocycles. The lowest BCUT2D eigenvalue weighted by Gasteiger charge is -2.35. The number of aromatic nitrogens is 2. The van der Waals surface area contributed by atoms with Crippen LogP contribution in [0.25, 0.3) is 0 Å². The summed E-state index contributed by atoms with van der Waals surface area (Å²) in [5.74, 6) is -0.277. The van der Waals surface area contributed by atoms with Crippen molar-refractivity contribution < 1.29 is 9.59 Å². The average Bonchev–Trinajstić information content (AvgIpc) is 3.29. The van der Waals surface area contributed by atoms with E-state index in [0.717, 1.165) is 38.9 Å². The molecular formula is C17H27N5O2. The summed E-state index contributed by atoms with van der Waals surface area (Å²) in [6.07, 6.45) is 4.83. The lowest BCUT2D eigenvalue weighted by molar-refractivity contribution is -0.147. The fourth-order valence-electron chi connectivity index (χ4n) is 3.22. The van der Waals surface area contributed by atoms with Gasteiger partial charge in [0.2, 0.25) is 0 Å². The van der Waals surface area contributed by atoms with Gasteiger partial charge in [0.15, 0.2) is 0 Å². The first-order valence-corrected chi connectivity index (χ1v) is 8.82. The van der Waals surface area contributed by atoms with Crippen LogP contribution in [-0.2, 0) is 23.1 Å². The number of nitrogens with one attached hydrogen (secondary N) is 1. The van der Waals surface area contributed by atoms with Crippen LogP contribution in [0.3, 0.4) is 0 Å². The van der Waals surface area contributed by atoms with Gasteiger partial charge >= 0.3 is 11.8 Å². The topological polar surface area (TPSA) is 70.5 Å². The monoisotopic (exact) mass is 333 g/mol. The SMILES string of the molecule is CC(Cc1ccnn1C)CN1CCN(C(=O)C(=O)NC2CC2)CC1. The number of carbonyl (C=O) groups excluding carboxylic acids is 2. The summed E-state index contributed by atoms with van der Waals surface area (Å²) in [5, 5.41) is 6.98. The second-order valence-corrected chi connectivity index (χ2v) is 7.10. The predicted octanol–water partition coefficient (Wildman–Crippen LogP) is 0.0215. The van der Waals surface area contributed by atoms with E-state index >= 15 is 0 Å². The molecule has 7 nitrogen and oxygen atoms in total. The number of piperazine rings is 1. The number of rotatable bonds is 5. The van der Waals surface area contributed by atoms with Crippen molar-refractivity contribution in [2.75, 3.05) is 32.7 Å². The summed E-state index contributed by atoms with van der Waals surface area (Å²) >= 11 is 0. The lowest BCUT2D eigenvalue weighted by Crippen LogP contribution is -2.53. The van der Waals surface area contributed by atoms with Gasteiger partial charge in [-0.05, 0) is 31.2 Å². The van der Waals surface area contributed by atoms with Gasteiger partial charge in [-0.2, -0.15) is 5.10 Å². The highest BCUT2D eigenvalue weighted by molar-refractivity contribution is 6.35. The number of hydrogen-bond donors (Lipinski definition) is 1. The Morgan fingerprint density at radius 1 is 1.29 bits per heavy atom. The highest BCUT2D eigenvalue weighted by Crippen LogP contribution is 2.18. The maximum Gasteiger partial charge on any atom is 0.311 e. The Labute approximate surface area is 143 Å². The largest absolute Gasteiger partial charge is 0.345 e. The zero-order chi connectivity index (χ0) is 17.1. The molecule has 1 saturated carbocycles. The van der Waals surface area contributed by atoms with Crippen molar-refractivity contribution in [2.24, 2.45) is 13.0 Å². The molecule has 132 valence electrons. The summed E-state index contributed by atoms with van der Waals surface area (Å²) < 4.78 is 1.92.